The van der Waals surface area contributed by atoms with Gasteiger partial charge in [-0.15, -0.1) is 0 Å². The van der Waals surface area contributed by atoms with Crippen LogP contribution < -0.4 is 0 Å². The average Bonchev–Trinajstić information content (AvgIpc) is 3.38. The molecule has 7 nitrogen and oxygen atoms in total. The van der Waals surface area contributed by atoms with Gasteiger partial charge in [-0.1, -0.05) is 18.2 Å². The van der Waals surface area contributed by atoms with Crippen molar-refractivity contribution >= 4 is 25.6 Å². The van der Waals surface area contributed by atoms with Crippen molar-refractivity contribution < 1.29 is 70.6 Å². The number of hydrogen-bond acceptors (Lipinski definition) is 6. The Kier molecular flexibility index (Phi) is 8.12. The summed E-state index contributed by atoms with van der Waals surface area (Å²) in [5.74, 6) is -2.20. The number of fused-ring (bicyclic) bond motifs is 3. The number of nitrogens with zero attached hydrogens (tertiary/aromatic N) is 1. The van der Waals surface area contributed by atoms with E-state index in [4.69, 9.17) is 0 Å². The fourth-order valence-corrected chi connectivity index (χ4v) is 10.7. The van der Waals surface area contributed by atoms with Gasteiger partial charge in [0, 0.05) is 12.1 Å². The van der Waals surface area contributed by atoms with Crippen LogP contribution in [0.4, 0.5) is 43.9 Å². The molecule has 2 aromatic carbocycles. The molecule has 1 aliphatic carbocycles. The maximum Gasteiger partial charge on any atom is 0.435 e. The third kappa shape index (κ3) is 5.39. The smallest absolute Gasteiger partial charge is 0.380 e. The number of aryl methyl sites for hydroxylation is 1. The minimum atomic E-state index is -6.47. The molecule has 1 amide bonds. The van der Waals surface area contributed by atoms with Gasteiger partial charge in [0.1, 0.15) is 10.3 Å². The van der Waals surface area contributed by atoms with Gasteiger partial charge in [0.25, 0.3) is 5.91 Å². The molecule has 5 rings (SSSR count). The van der Waals surface area contributed by atoms with E-state index in [0.717, 1.165) is 4.90 Å². The number of halogens is 10. The molecule has 0 spiro atoms. The molecule has 2 aromatic rings. The van der Waals surface area contributed by atoms with Crippen molar-refractivity contribution in [1.82, 2.24) is 4.90 Å². The molecule has 2 aliphatic heterocycles. The van der Waals surface area contributed by atoms with Crippen molar-refractivity contribution in [3.05, 3.63) is 64.7 Å². The highest BCUT2D eigenvalue weighted by atomic mass is 32.2. The fraction of sp³-hybridized carbons (Fsp3) is 0.536. The van der Waals surface area contributed by atoms with Crippen LogP contribution in [0.15, 0.2) is 47.4 Å². The molecule has 260 valence electrons. The molecule has 19 heteroatoms. The largest absolute Gasteiger partial charge is 0.435 e. The molecule has 2 saturated heterocycles. The van der Waals surface area contributed by atoms with E-state index in [1.165, 1.54) is 0 Å². The number of benzene rings is 2. The second-order valence-electron chi connectivity index (χ2n) is 11.9. The van der Waals surface area contributed by atoms with Crippen molar-refractivity contribution in [2.24, 2.45) is 0 Å². The molecule has 47 heavy (non-hydrogen) atoms. The van der Waals surface area contributed by atoms with E-state index in [9.17, 15) is 70.6 Å². The Morgan fingerprint density at radius 2 is 1.36 bits per heavy atom. The van der Waals surface area contributed by atoms with Crippen LogP contribution in [0, 0.1) is 0 Å². The van der Waals surface area contributed by atoms with Crippen LogP contribution in [-0.2, 0) is 47.5 Å². The van der Waals surface area contributed by atoms with E-state index in [2.05, 4.69) is 0 Å². The lowest BCUT2D eigenvalue weighted by molar-refractivity contribution is -0.348. The number of hydrogen-bond donors (Lipinski definition) is 1. The monoisotopic (exact) mass is 725 g/mol. The topological polar surface area (TPSA) is 109 Å². The van der Waals surface area contributed by atoms with Gasteiger partial charge >= 0.3 is 24.2 Å². The van der Waals surface area contributed by atoms with Crippen molar-refractivity contribution in [2.75, 3.05) is 18.1 Å². The minimum absolute atomic E-state index is 0.135. The van der Waals surface area contributed by atoms with Gasteiger partial charge in [-0.3, -0.25) is 4.79 Å². The molecule has 2 atom stereocenters. The van der Waals surface area contributed by atoms with Gasteiger partial charge in [-0.25, -0.2) is 21.2 Å². The highest BCUT2D eigenvalue weighted by Gasteiger charge is 2.74. The number of rotatable bonds is 4. The van der Waals surface area contributed by atoms with E-state index < -0.39 is 143 Å². The first kappa shape index (κ1) is 35.4. The number of carbonyl (C=O) groups excluding carboxylic acids is 1. The van der Waals surface area contributed by atoms with E-state index >= 15 is 0 Å². The maximum absolute atomic E-state index is 15.0. The van der Waals surface area contributed by atoms with Crippen molar-refractivity contribution in [3.8, 4) is 0 Å². The summed E-state index contributed by atoms with van der Waals surface area (Å²) >= 11 is 0. The summed E-state index contributed by atoms with van der Waals surface area (Å²) in [6, 6.07) is 1.67. The number of amides is 1. The first-order valence-corrected chi connectivity index (χ1v) is 17.2. The standard InChI is InChI=1S/C28H25F10NO6S2/c29-25(27(33,34)35,28(36,37)38)18-4-7-20-16(15-18)1-8-21-24(20,47(44,45)19-5-2-17(3-6-19)26(30,31)32)9-12-39(21)22(40)23(41)10-13-46(42,43)14-11-23/h2-7,15,21,41H,1,8-14H2. The number of aliphatic hydroxyl groups is 1. The Morgan fingerprint density at radius 3 is 1.87 bits per heavy atom. The Labute approximate surface area is 261 Å². The minimum Gasteiger partial charge on any atom is -0.380 e. The van der Waals surface area contributed by atoms with Crippen LogP contribution in [0.25, 0.3) is 0 Å². The average molecular weight is 726 g/mol. The first-order chi connectivity index (χ1) is 21.3. The summed E-state index contributed by atoms with van der Waals surface area (Å²) in [6.07, 6.45) is -20.3. The Balaban J connectivity index is 1.68. The van der Waals surface area contributed by atoms with E-state index in [-0.39, 0.29) is 12.1 Å². The molecular weight excluding hydrogens is 700 g/mol. The van der Waals surface area contributed by atoms with E-state index in [1.807, 2.05) is 0 Å². The van der Waals surface area contributed by atoms with Gasteiger partial charge in [-0.05, 0) is 67.5 Å². The van der Waals surface area contributed by atoms with Crippen LogP contribution in [0.3, 0.4) is 0 Å². The summed E-state index contributed by atoms with van der Waals surface area (Å²) in [7, 11) is -8.55. The molecule has 1 N–H and O–H groups in total. The molecule has 0 aromatic heterocycles. The lowest BCUT2D eigenvalue weighted by Gasteiger charge is -2.44. The van der Waals surface area contributed by atoms with Crippen LogP contribution >= 0.6 is 0 Å². The van der Waals surface area contributed by atoms with E-state index in [0.29, 0.717) is 30.3 Å². The highest BCUT2D eigenvalue weighted by Crippen LogP contribution is 2.57. The van der Waals surface area contributed by atoms with Gasteiger partial charge in [0.05, 0.1) is 28.0 Å². The molecule has 0 saturated carbocycles. The second kappa shape index (κ2) is 10.8. The Morgan fingerprint density at radius 1 is 0.830 bits per heavy atom. The van der Waals surface area contributed by atoms with Gasteiger partial charge in [0.15, 0.2) is 19.7 Å². The molecule has 2 heterocycles. The molecule has 2 fully saturated rings. The first-order valence-electron chi connectivity index (χ1n) is 13.9. The van der Waals surface area contributed by atoms with Crippen molar-refractivity contribution in [2.45, 2.75) is 77.6 Å². The summed E-state index contributed by atoms with van der Waals surface area (Å²) in [4.78, 5) is 14.0. The van der Waals surface area contributed by atoms with Crippen LogP contribution in [-0.4, -0.2) is 74.8 Å². The van der Waals surface area contributed by atoms with E-state index in [1.54, 1.807) is 0 Å². The summed E-state index contributed by atoms with van der Waals surface area (Å²) in [6.45, 7) is -0.447. The lowest BCUT2D eigenvalue weighted by Crippen LogP contribution is -2.58. The van der Waals surface area contributed by atoms with Gasteiger partial charge in [-0.2, -0.15) is 39.5 Å². The zero-order chi connectivity index (χ0) is 35.2. The summed E-state index contributed by atoms with van der Waals surface area (Å²) in [5, 5.41) is 11.1. The zero-order valence-corrected chi connectivity index (χ0v) is 25.4. The second-order valence-corrected chi connectivity index (χ2v) is 16.4. The lowest BCUT2D eigenvalue weighted by atomic mass is 9.76. The number of likely N-dealkylation sites (tertiary alicyclic amines) is 1. The number of alkyl halides is 10. The molecule has 0 bridgehead atoms. The third-order valence-electron chi connectivity index (χ3n) is 9.35. The quantitative estimate of drug-likeness (QED) is 0.437. The summed E-state index contributed by atoms with van der Waals surface area (Å²) in [5.41, 5.74) is -12.0. The third-order valence-corrected chi connectivity index (χ3v) is 13.5. The van der Waals surface area contributed by atoms with Gasteiger partial charge in [0.2, 0.25) is 0 Å². The normalized spacial score (nSPS) is 24.8. The maximum atomic E-state index is 15.0. The Bertz CT molecular complexity index is 1780. The van der Waals surface area contributed by atoms with Crippen LogP contribution in [0.5, 0.6) is 0 Å². The predicted octanol–water partition coefficient (Wildman–Crippen LogP) is 5.15. The molecule has 0 radical (unpaired) electrons. The van der Waals surface area contributed by atoms with Gasteiger partial charge < -0.3 is 10.0 Å². The fourth-order valence-electron chi connectivity index (χ4n) is 6.86. The van der Waals surface area contributed by atoms with Crippen molar-refractivity contribution in [1.29, 1.82) is 0 Å². The van der Waals surface area contributed by atoms with Crippen molar-refractivity contribution in [3.63, 3.8) is 0 Å². The Hall–Kier alpha value is -2.93. The molecule has 3 aliphatic rings. The molecule has 2 unspecified atom stereocenters. The number of carbonyl (C=O) groups is 1. The molecular formula is C28H25F10NO6S2. The number of sulfone groups is 2. The SMILES string of the molecule is O=C(N1CCC2(S(=O)(=O)c3ccc(C(F)(F)F)cc3)c3ccc(C(F)(C(F)(F)F)C(F)(F)F)cc3CCC12)C1(O)CCS(=O)(=O)CC1. The highest BCUT2D eigenvalue weighted by molar-refractivity contribution is 7.92. The predicted molar refractivity (Wildman–Crippen MR) is 143 cm³/mol. The van der Waals surface area contributed by atoms with Crippen LogP contribution in [0.1, 0.15) is 47.9 Å². The zero-order valence-electron chi connectivity index (χ0n) is 23.8. The van der Waals surface area contributed by atoms with Crippen LogP contribution in [0.2, 0.25) is 0 Å². The summed E-state index contributed by atoms with van der Waals surface area (Å²) < 4.78 is 186.